The molecule has 1 aromatic rings. The average Bonchev–Trinajstić information content (AvgIpc) is 2.81. The van der Waals surface area contributed by atoms with E-state index in [1.54, 1.807) is 6.07 Å². The zero-order chi connectivity index (χ0) is 15.4. The highest BCUT2D eigenvalue weighted by Gasteiger charge is 2.24. The van der Waals surface area contributed by atoms with Gasteiger partial charge >= 0.3 is 0 Å². The van der Waals surface area contributed by atoms with E-state index < -0.39 is 4.92 Å². The second-order valence-corrected chi connectivity index (χ2v) is 5.64. The molecule has 0 aliphatic carbocycles. The van der Waals surface area contributed by atoms with Gasteiger partial charge < -0.3 is 14.8 Å². The summed E-state index contributed by atoms with van der Waals surface area (Å²) in [6, 6.07) is 4.79. The minimum absolute atomic E-state index is 0.0249. The number of nitro groups is 1. The number of benzene rings is 1. The smallest absolute Gasteiger partial charge is 0.275 e. The summed E-state index contributed by atoms with van der Waals surface area (Å²) in [5, 5.41) is 14.3. The molecule has 0 spiro atoms. The zero-order valence-corrected chi connectivity index (χ0v) is 12.7. The predicted octanol–water partition coefficient (Wildman–Crippen LogP) is 3.22. The molecular weight excluding hydrogens is 272 g/mol. The van der Waals surface area contributed by atoms with Gasteiger partial charge in [0.15, 0.2) is 0 Å². The maximum Gasteiger partial charge on any atom is 0.275 e. The van der Waals surface area contributed by atoms with Crippen LogP contribution in [-0.2, 0) is 4.74 Å². The molecule has 0 aromatic heterocycles. The van der Waals surface area contributed by atoms with Crippen molar-refractivity contribution in [1.82, 2.24) is 0 Å². The molecule has 2 rings (SSSR count). The van der Waals surface area contributed by atoms with E-state index in [2.05, 4.69) is 12.2 Å². The molecular formula is C15H22N2O4. The Morgan fingerprint density at radius 1 is 1.48 bits per heavy atom. The second kappa shape index (κ2) is 6.76. The lowest BCUT2D eigenvalue weighted by atomic mass is 10.0. The summed E-state index contributed by atoms with van der Waals surface area (Å²) < 4.78 is 11.1. The average molecular weight is 294 g/mol. The Hall–Kier alpha value is -1.82. The standard InChI is InChI=1S/C15H22N2O4/c1-10(2)21-15-7-13(6-14(8-15)17(18)19)16-9-12-4-5-20-11(12)3/h6-8,10-12,16H,4-5,9H2,1-3H3. The van der Waals surface area contributed by atoms with Crippen molar-refractivity contribution < 1.29 is 14.4 Å². The van der Waals surface area contributed by atoms with E-state index in [4.69, 9.17) is 9.47 Å². The Bertz CT molecular complexity index is 504. The summed E-state index contributed by atoms with van der Waals surface area (Å²) in [4.78, 5) is 10.6. The van der Waals surface area contributed by atoms with E-state index in [9.17, 15) is 10.1 Å². The molecule has 0 radical (unpaired) electrons. The predicted molar refractivity (Wildman–Crippen MR) is 80.9 cm³/mol. The molecule has 0 bridgehead atoms. The Kier molecular flexibility index (Phi) is 5.01. The number of ether oxygens (including phenoxy) is 2. The van der Waals surface area contributed by atoms with Crippen LogP contribution in [-0.4, -0.2) is 30.3 Å². The van der Waals surface area contributed by atoms with Crippen molar-refractivity contribution in [2.75, 3.05) is 18.5 Å². The topological polar surface area (TPSA) is 73.6 Å². The molecule has 6 heteroatoms. The zero-order valence-electron chi connectivity index (χ0n) is 12.7. The number of non-ortho nitro benzene ring substituents is 1. The lowest BCUT2D eigenvalue weighted by Crippen LogP contribution is -2.20. The minimum atomic E-state index is -0.403. The maximum absolute atomic E-state index is 11.0. The summed E-state index contributed by atoms with van der Waals surface area (Å²) in [6.45, 7) is 7.36. The van der Waals surface area contributed by atoms with Gasteiger partial charge in [0.05, 0.1) is 23.2 Å². The lowest BCUT2D eigenvalue weighted by molar-refractivity contribution is -0.384. The van der Waals surface area contributed by atoms with Crippen LogP contribution in [0.2, 0.25) is 0 Å². The SMILES string of the molecule is CC(C)Oc1cc(NCC2CCOC2C)cc([N+](=O)[O-])c1. The highest BCUT2D eigenvalue weighted by Crippen LogP contribution is 2.28. The molecule has 2 atom stereocenters. The monoisotopic (exact) mass is 294 g/mol. The van der Waals surface area contributed by atoms with Crippen LogP contribution >= 0.6 is 0 Å². The van der Waals surface area contributed by atoms with Gasteiger partial charge in [-0.15, -0.1) is 0 Å². The van der Waals surface area contributed by atoms with Gasteiger partial charge in [0, 0.05) is 36.9 Å². The number of nitrogens with one attached hydrogen (secondary N) is 1. The second-order valence-electron chi connectivity index (χ2n) is 5.64. The third-order valence-electron chi connectivity index (χ3n) is 3.58. The summed E-state index contributed by atoms with van der Waals surface area (Å²) >= 11 is 0. The number of anilines is 1. The quantitative estimate of drug-likeness (QED) is 0.644. The van der Waals surface area contributed by atoms with E-state index in [-0.39, 0.29) is 17.9 Å². The summed E-state index contributed by atoms with van der Waals surface area (Å²) in [5.41, 5.74) is 0.741. The summed E-state index contributed by atoms with van der Waals surface area (Å²) in [5.74, 6) is 0.941. The van der Waals surface area contributed by atoms with E-state index in [1.807, 2.05) is 13.8 Å². The van der Waals surface area contributed by atoms with Crippen molar-refractivity contribution >= 4 is 11.4 Å². The molecule has 1 saturated heterocycles. The van der Waals surface area contributed by atoms with Crippen LogP contribution in [0.25, 0.3) is 0 Å². The first kappa shape index (κ1) is 15.6. The molecule has 2 unspecified atom stereocenters. The first-order valence-electron chi connectivity index (χ1n) is 7.27. The van der Waals surface area contributed by atoms with Crippen molar-refractivity contribution in [1.29, 1.82) is 0 Å². The molecule has 1 fully saturated rings. The third kappa shape index (κ3) is 4.32. The van der Waals surface area contributed by atoms with Gasteiger partial charge in [0.25, 0.3) is 5.69 Å². The van der Waals surface area contributed by atoms with Crippen LogP contribution in [0.5, 0.6) is 5.75 Å². The van der Waals surface area contributed by atoms with Crippen molar-refractivity contribution in [3.63, 3.8) is 0 Å². The Morgan fingerprint density at radius 2 is 2.24 bits per heavy atom. The highest BCUT2D eigenvalue weighted by atomic mass is 16.6. The van der Waals surface area contributed by atoms with Gasteiger partial charge in [-0.1, -0.05) is 0 Å². The van der Waals surface area contributed by atoms with Crippen molar-refractivity contribution in [3.05, 3.63) is 28.3 Å². The van der Waals surface area contributed by atoms with E-state index in [1.165, 1.54) is 12.1 Å². The van der Waals surface area contributed by atoms with Gasteiger partial charge in [0.1, 0.15) is 5.75 Å². The highest BCUT2D eigenvalue weighted by molar-refractivity contribution is 5.56. The Balaban J connectivity index is 2.09. The fraction of sp³-hybridized carbons (Fsp3) is 0.600. The maximum atomic E-state index is 11.0. The lowest BCUT2D eigenvalue weighted by Gasteiger charge is -2.16. The van der Waals surface area contributed by atoms with Gasteiger partial charge in [-0.25, -0.2) is 0 Å². The van der Waals surface area contributed by atoms with Crippen LogP contribution in [0.4, 0.5) is 11.4 Å². The molecule has 1 heterocycles. The van der Waals surface area contributed by atoms with Crippen LogP contribution in [0.3, 0.4) is 0 Å². The Morgan fingerprint density at radius 3 is 2.81 bits per heavy atom. The van der Waals surface area contributed by atoms with Crippen LogP contribution < -0.4 is 10.1 Å². The van der Waals surface area contributed by atoms with Crippen molar-refractivity contribution in [3.8, 4) is 5.75 Å². The molecule has 1 aromatic carbocycles. The first-order valence-corrected chi connectivity index (χ1v) is 7.27. The van der Waals surface area contributed by atoms with Crippen LogP contribution in [0, 0.1) is 16.0 Å². The Labute approximate surface area is 124 Å². The molecule has 1 aliphatic heterocycles. The third-order valence-corrected chi connectivity index (χ3v) is 3.58. The van der Waals surface area contributed by atoms with Crippen LogP contribution in [0.15, 0.2) is 18.2 Å². The van der Waals surface area contributed by atoms with Gasteiger partial charge in [0.2, 0.25) is 0 Å². The van der Waals surface area contributed by atoms with Gasteiger partial charge in [-0.2, -0.15) is 0 Å². The first-order chi connectivity index (χ1) is 9.95. The fourth-order valence-electron chi connectivity index (χ4n) is 2.42. The van der Waals surface area contributed by atoms with Crippen molar-refractivity contribution in [2.45, 2.75) is 39.4 Å². The molecule has 0 amide bonds. The molecule has 1 aliphatic rings. The molecule has 21 heavy (non-hydrogen) atoms. The molecule has 116 valence electrons. The van der Waals surface area contributed by atoms with Gasteiger partial charge in [-0.3, -0.25) is 10.1 Å². The fourth-order valence-corrected chi connectivity index (χ4v) is 2.42. The number of nitrogens with zero attached hydrogens (tertiary/aromatic N) is 1. The van der Waals surface area contributed by atoms with E-state index in [0.29, 0.717) is 17.4 Å². The number of hydrogen-bond acceptors (Lipinski definition) is 5. The molecule has 1 N–H and O–H groups in total. The summed E-state index contributed by atoms with van der Waals surface area (Å²) in [7, 11) is 0. The molecule has 6 nitrogen and oxygen atoms in total. The largest absolute Gasteiger partial charge is 0.491 e. The number of hydrogen-bond donors (Lipinski definition) is 1. The number of nitro benzene ring substituents is 1. The van der Waals surface area contributed by atoms with Crippen LogP contribution in [0.1, 0.15) is 27.2 Å². The normalized spacial score (nSPS) is 21.5. The summed E-state index contributed by atoms with van der Waals surface area (Å²) in [6.07, 6.45) is 1.21. The van der Waals surface area contributed by atoms with E-state index in [0.717, 1.165) is 19.6 Å². The van der Waals surface area contributed by atoms with Gasteiger partial charge in [-0.05, 0) is 27.2 Å². The minimum Gasteiger partial charge on any atom is -0.491 e. The van der Waals surface area contributed by atoms with E-state index >= 15 is 0 Å². The van der Waals surface area contributed by atoms with Crippen molar-refractivity contribution in [2.24, 2.45) is 5.92 Å². The number of rotatable bonds is 6. The molecule has 0 saturated carbocycles.